The van der Waals surface area contributed by atoms with Crippen LogP contribution in [0.5, 0.6) is 17.2 Å². The third-order valence-corrected chi connectivity index (χ3v) is 6.70. The SMILES string of the molecule is COc1cc(C(=O)N[C@]2(C(F)(F)F)NC(=O)N([C@@H]3CCC[C@H](C)[C@H]3C)C2=O)cc(OC)c1OC. The third-order valence-electron chi connectivity index (χ3n) is 6.70. The van der Waals surface area contributed by atoms with E-state index in [4.69, 9.17) is 14.2 Å². The highest BCUT2D eigenvalue weighted by atomic mass is 19.4. The molecule has 1 saturated carbocycles. The topological polar surface area (TPSA) is 106 Å². The molecule has 0 radical (unpaired) electrons. The highest BCUT2D eigenvalue weighted by Crippen LogP contribution is 2.41. The van der Waals surface area contributed by atoms with E-state index < -0.39 is 35.7 Å². The minimum Gasteiger partial charge on any atom is -0.493 e. The number of hydrogen-bond acceptors (Lipinski definition) is 6. The molecule has 9 nitrogen and oxygen atoms in total. The molecule has 34 heavy (non-hydrogen) atoms. The predicted molar refractivity (Wildman–Crippen MR) is 114 cm³/mol. The zero-order valence-corrected chi connectivity index (χ0v) is 19.5. The van der Waals surface area contributed by atoms with E-state index in [9.17, 15) is 27.6 Å². The standard InChI is InChI=1S/C22H28F3N3O6/c1-11-7-6-8-14(12(11)2)28-19(30)21(22(23,24)25,27-20(28)31)26-18(29)13-9-15(32-3)17(34-5)16(10-13)33-4/h9-12,14H,6-8H2,1-5H3,(H,26,29)(H,27,31)/t11-,12+,14+,21-/m0/s1. The molecular weight excluding hydrogens is 459 g/mol. The molecule has 12 heteroatoms. The summed E-state index contributed by atoms with van der Waals surface area (Å²) in [6, 6.07) is 0.382. The summed E-state index contributed by atoms with van der Waals surface area (Å²) in [6.45, 7) is 3.73. The van der Waals surface area contributed by atoms with Crippen LogP contribution < -0.4 is 24.8 Å². The van der Waals surface area contributed by atoms with E-state index in [0.717, 1.165) is 18.6 Å². The number of ether oxygens (including phenoxy) is 3. The van der Waals surface area contributed by atoms with E-state index in [1.165, 1.54) is 21.3 Å². The van der Waals surface area contributed by atoms with Crippen molar-refractivity contribution < 1.29 is 41.8 Å². The molecule has 1 aliphatic carbocycles. The van der Waals surface area contributed by atoms with Crippen LogP contribution >= 0.6 is 0 Å². The lowest BCUT2D eigenvalue weighted by Gasteiger charge is -2.38. The summed E-state index contributed by atoms with van der Waals surface area (Å²) in [5.41, 5.74) is -3.90. The molecule has 0 unspecified atom stereocenters. The fourth-order valence-corrected chi connectivity index (χ4v) is 4.57. The lowest BCUT2D eigenvalue weighted by molar-refractivity contribution is -0.201. The maximum atomic E-state index is 14.3. The first-order valence-corrected chi connectivity index (χ1v) is 10.8. The van der Waals surface area contributed by atoms with Gasteiger partial charge < -0.3 is 19.5 Å². The average molecular weight is 487 g/mol. The molecule has 2 aliphatic rings. The summed E-state index contributed by atoms with van der Waals surface area (Å²) < 4.78 is 58.3. The lowest BCUT2D eigenvalue weighted by Crippen LogP contribution is -2.69. The fraction of sp³-hybridized carbons (Fsp3) is 0.591. The highest BCUT2D eigenvalue weighted by Gasteiger charge is 2.70. The van der Waals surface area contributed by atoms with Crippen molar-refractivity contribution in [2.45, 2.75) is 51.0 Å². The van der Waals surface area contributed by atoms with Crippen molar-refractivity contribution in [3.63, 3.8) is 0 Å². The molecular formula is C22H28F3N3O6. The summed E-state index contributed by atoms with van der Waals surface area (Å²) in [5.74, 6) is -2.71. The first-order chi connectivity index (χ1) is 15.9. The Kier molecular flexibility index (Phi) is 6.90. The molecule has 4 atom stereocenters. The number of amides is 4. The molecule has 2 fully saturated rings. The van der Waals surface area contributed by atoms with E-state index in [1.807, 2.05) is 6.92 Å². The van der Waals surface area contributed by atoms with Gasteiger partial charge in [-0.3, -0.25) is 19.8 Å². The zero-order chi connectivity index (χ0) is 25.4. The number of benzene rings is 1. The van der Waals surface area contributed by atoms with E-state index in [1.54, 1.807) is 17.6 Å². The van der Waals surface area contributed by atoms with E-state index in [0.29, 0.717) is 17.7 Å². The lowest BCUT2D eigenvalue weighted by atomic mass is 9.77. The molecule has 1 aliphatic heterocycles. The van der Waals surface area contributed by atoms with E-state index in [-0.39, 0.29) is 34.6 Å². The molecule has 2 N–H and O–H groups in total. The van der Waals surface area contributed by atoms with Crippen molar-refractivity contribution in [3.8, 4) is 17.2 Å². The Hall–Kier alpha value is -3.18. The predicted octanol–water partition coefficient (Wildman–Crippen LogP) is 3.08. The van der Waals surface area contributed by atoms with E-state index in [2.05, 4.69) is 0 Å². The molecule has 1 heterocycles. The van der Waals surface area contributed by atoms with Gasteiger partial charge in [0, 0.05) is 11.6 Å². The molecule has 0 bridgehead atoms. The molecule has 0 spiro atoms. The van der Waals surface area contributed by atoms with Crippen LogP contribution in [0.3, 0.4) is 0 Å². The Bertz CT molecular complexity index is 960. The number of halogens is 3. The van der Waals surface area contributed by atoms with Gasteiger partial charge in [0.1, 0.15) is 0 Å². The van der Waals surface area contributed by atoms with Gasteiger partial charge in [0.05, 0.1) is 21.3 Å². The van der Waals surface area contributed by atoms with Crippen LogP contribution in [0.25, 0.3) is 0 Å². The van der Waals surface area contributed by atoms with Gasteiger partial charge in [-0.2, -0.15) is 13.2 Å². The second kappa shape index (κ2) is 9.22. The van der Waals surface area contributed by atoms with Gasteiger partial charge >= 0.3 is 12.2 Å². The largest absolute Gasteiger partial charge is 0.493 e. The molecule has 4 amide bonds. The minimum atomic E-state index is -5.31. The average Bonchev–Trinajstić information content (AvgIpc) is 3.04. The van der Waals surface area contributed by atoms with Gasteiger partial charge in [0.25, 0.3) is 17.5 Å². The molecule has 188 valence electrons. The number of carbonyl (C=O) groups is 3. The van der Waals surface area contributed by atoms with Crippen LogP contribution in [0.2, 0.25) is 0 Å². The maximum absolute atomic E-state index is 14.3. The number of urea groups is 1. The van der Waals surface area contributed by atoms with Crippen molar-refractivity contribution in [2.24, 2.45) is 11.8 Å². The number of rotatable bonds is 6. The monoisotopic (exact) mass is 487 g/mol. The third kappa shape index (κ3) is 4.09. The summed E-state index contributed by atoms with van der Waals surface area (Å²) in [4.78, 5) is 39.4. The van der Waals surface area contributed by atoms with Crippen LogP contribution in [0.1, 0.15) is 43.5 Å². The number of methoxy groups -OCH3 is 3. The Morgan fingerprint density at radius 2 is 1.68 bits per heavy atom. The van der Waals surface area contributed by atoms with Gasteiger partial charge in [0.2, 0.25) is 5.75 Å². The first kappa shape index (κ1) is 25.4. The Balaban J connectivity index is 2.00. The summed E-state index contributed by atoms with van der Waals surface area (Å²) in [7, 11) is 3.88. The molecule has 3 rings (SSSR count). The number of nitrogens with zero attached hydrogens (tertiary/aromatic N) is 1. The van der Waals surface area contributed by atoms with Crippen molar-refractivity contribution in [3.05, 3.63) is 17.7 Å². The normalized spacial score (nSPS) is 27.3. The van der Waals surface area contributed by atoms with Crippen LogP contribution in [0, 0.1) is 11.8 Å². The van der Waals surface area contributed by atoms with Crippen molar-refractivity contribution in [1.82, 2.24) is 15.5 Å². The van der Waals surface area contributed by atoms with Crippen molar-refractivity contribution >= 4 is 17.8 Å². The second-order valence-electron chi connectivity index (χ2n) is 8.56. The molecule has 1 aromatic carbocycles. The summed E-state index contributed by atoms with van der Waals surface area (Å²) >= 11 is 0. The highest BCUT2D eigenvalue weighted by molar-refractivity contribution is 6.10. The van der Waals surface area contributed by atoms with Gasteiger partial charge in [-0.1, -0.05) is 26.7 Å². The maximum Gasteiger partial charge on any atom is 0.440 e. The van der Waals surface area contributed by atoms with Crippen LogP contribution in [0.4, 0.5) is 18.0 Å². The zero-order valence-electron chi connectivity index (χ0n) is 19.5. The fourth-order valence-electron chi connectivity index (χ4n) is 4.57. The van der Waals surface area contributed by atoms with Gasteiger partial charge in [-0.25, -0.2) is 4.79 Å². The Morgan fingerprint density at radius 1 is 1.09 bits per heavy atom. The van der Waals surface area contributed by atoms with Gasteiger partial charge in [0.15, 0.2) is 11.5 Å². The molecule has 1 saturated heterocycles. The summed E-state index contributed by atoms with van der Waals surface area (Å²) in [5, 5.41) is 3.44. The Morgan fingerprint density at radius 3 is 2.18 bits per heavy atom. The van der Waals surface area contributed by atoms with Crippen LogP contribution in [-0.2, 0) is 4.79 Å². The Labute approximate surface area is 194 Å². The van der Waals surface area contributed by atoms with Crippen molar-refractivity contribution in [2.75, 3.05) is 21.3 Å². The number of imide groups is 1. The smallest absolute Gasteiger partial charge is 0.440 e. The number of carbonyl (C=O) groups excluding carboxylic acids is 3. The van der Waals surface area contributed by atoms with Crippen LogP contribution in [-0.4, -0.2) is 62.0 Å². The number of nitrogens with one attached hydrogen (secondary N) is 2. The van der Waals surface area contributed by atoms with Crippen LogP contribution in [0.15, 0.2) is 12.1 Å². The van der Waals surface area contributed by atoms with E-state index >= 15 is 0 Å². The second-order valence-corrected chi connectivity index (χ2v) is 8.56. The first-order valence-electron chi connectivity index (χ1n) is 10.8. The minimum absolute atomic E-state index is 0.0292. The number of hydrogen-bond donors (Lipinski definition) is 2. The molecule has 1 aromatic rings. The van der Waals surface area contributed by atoms with Crippen molar-refractivity contribution in [1.29, 1.82) is 0 Å². The quantitative estimate of drug-likeness (QED) is 0.598. The van der Waals surface area contributed by atoms with Gasteiger partial charge in [-0.15, -0.1) is 0 Å². The number of alkyl halides is 3. The van der Waals surface area contributed by atoms with Gasteiger partial charge in [-0.05, 0) is 30.4 Å². The summed E-state index contributed by atoms with van der Waals surface area (Å²) in [6.07, 6.45) is -3.40. The molecule has 0 aromatic heterocycles.